The Bertz CT molecular complexity index is 447. The second-order valence-electron chi connectivity index (χ2n) is 4.72. The van der Waals surface area contributed by atoms with Crippen LogP contribution in [0.25, 0.3) is 0 Å². The van der Waals surface area contributed by atoms with E-state index in [0.717, 1.165) is 12.0 Å². The summed E-state index contributed by atoms with van der Waals surface area (Å²) in [5.41, 5.74) is 0.901. The largest absolute Gasteiger partial charge is 0.349 e. The molecule has 1 aliphatic carbocycles. The van der Waals surface area contributed by atoms with Gasteiger partial charge in [-0.2, -0.15) is 0 Å². The normalized spacial score (nSPS) is 24.2. The molecule has 2 nitrogen and oxygen atoms in total. The fraction of sp³-hybridized carbons (Fsp3) is 0.462. The first-order valence-electron chi connectivity index (χ1n) is 5.74. The van der Waals surface area contributed by atoms with Crippen LogP contribution in [0.15, 0.2) is 18.2 Å². The summed E-state index contributed by atoms with van der Waals surface area (Å²) >= 11 is 11.9. The average molecular weight is 272 g/mol. The molecule has 0 bridgehead atoms. The van der Waals surface area contributed by atoms with Crippen molar-refractivity contribution in [3.8, 4) is 0 Å². The van der Waals surface area contributed by atoms with Gasteiger partial charge >= 0.3 is 0 Å². The molecule has 0 radical (unpaired) electrons. The van der Waals surface area contributed by atoms with Crippen LogP contribution in [0.3, 0.4) is 0 Å². The summed E-state index contributed by atoms with van der Waals surface area (Å²) in [6, 6.07) is 5.25. The third-order valence-electron chi connectivity index (χ3n) is 3.23. The summed E-state index contributed by atoms with van der Waals surface area (Å²) in [4.78, 5) is 11.8. The fourth-order valence-electron chi connectivity index (χ4n) is 1.94. The maximum absolute atomic E-state index is 11.8. The van der Waals surface area contributed by atoms with Crippen LogP contribution in [0.5, 0.6) is 0 Å². The number of carbonyl (C=O) groups excluding carboxylic acids is 1. The highest BCUT2D eigenvalue weighted by molar-refractivity contribution is 6.35. The Morgan fingerprint density at radius 1 is 1.47 bits per heavy atom. The van der Waals surface area contributed by atoms with Gasteiger partial charge in [-0.1, -0.05) is 36.2 Å². The molecule has 0 heterocycles. The molecule has 1 saturated carbocycles. The van der Waals surface area contributed by atoms with Gasteiger partial charge in [-0.25, -0.2) is 0 Å². The van der Waals surface area contributed by atoms with E-state index in [0.29, 0.717) is 16.0 Å². The van der Waals surface area contributed by atoms with Crippen molar-refractivity contribution in [2.45, 2.75) is 26.3 Å². The van der Waals surface area contributed by atoms with Crippen LogP contribution in [0.2, 0.25) is 10.0 Å². The fourth-order valence-corrected chi connectivity index (χ4v) is 2.51. The van der Waals surface area contributed by atoms with Crippen molar-refractivity contribution in [1.82, 2.24) is 5.32 Å². The van der Waals surface area contributed by atoms with Crippen LogP contribution in [0.4, 0.5) is 0 Å². The van der Waals surface area contributed by atoms with Crippen molar-refractivity contribution in [3.63, 3.8) is 0 Å². The maximum Gasteiger partial charge on any atom is 0.223 e. The minimum absolute atomic E-state index is 0.0833. The van der Waals surface area contributed by atoms with Crippen molar-refractivity contribution in [3.05, 3.63) is 33.8 Å². The molecule has 0 spiro atoms. The van der Waals surface area contributed by atoms with Crippen LogP contribution in [0, 0.1) is 11.8 Å². The zero-order valence-corrected chi connectivity index (χ0v) is 11.3. The molecule has 1 aromatic rings. The van der Waals surface area contributed by atoms with Crippen molar-refractivity contribution in [2.24, 2.45) is 11.8 Å². The second-order valence-corrected chi connectivity index (χ2v) is 5.56. The summed E-state index contributed by atoms with van der Waals surface area (Å²) in [6.07, 6.45) is 0.993. The van der Waals surface area contributed by atoms with E-state index >= 15 is 0 Å². The van der Waals surface area contributed by atoms with Crippen molar-refractivity contribution in [2.75, 3.05) is 0 Å². The van der Waals surface area contributed by atoms with Crippen LogP contribution in [0.1, 0.15) is 31.9 Å². The summed E-state index contributed by atoms with van der Waals surface area (Å²) in [5, 5.41) is 4.18. The van der Waals surface area contributed by atoms with E-state index in [2.05, 4.69) is 12.2 Å². The van der Waals surface area contributed by atoms with Gasteiger partial charge in [0.25, 0.3) is 0 Å². The number of benzene rings is 1. The number of amides is 1. The SMILES string of the molecule is C[C@H](NC(=O)[C@@H]1C[C@H]1C)c1ccc(Cl)cc1Cl. The lowest BCUT2D eigenvalue weighted by Gasteiger charge is -2.15. The minimum Gasteiger partial charge on any atom is -0.349 e. The van der Waals surface area contributed by atoms with Gasteiger partial charge in [0.15, 0.2) is 0 Å². The molecule has 17 heavy (non-hydrogen) atoms. The van der Waals surface area contributed by atoms with Gasteiger partial charge in [-0.3, -0.25) is 4.79 Å². The third kappa shape index (κ3) is 2.93. The van der Waals surface area contributed by atoms with Gasteiger partial charge in [0, 0.05) is 16.0 Å². The molecule has 1 aliphatic rings. The molecule has 0 aromatic heterocycles. The van der Waals surface area contributed by atoms with E-state index in [-0.39, 0.29) is 17.9 Å². The van der Waals surface area contributed by atoms with Crippen molar-refractivity contribution in [1.29, 1.82) is 0 Å². The molecular weight excluding hydrogens is 257 g/mol. The van der Waals surface area contributed by atoms with E-state index in [4.69, 9.17) is 23.2 Å². The second kappa shape index (κ2) is 4.87. The molecule has 0 saturated heterocycles. The van der Waals surface area contributed by atoms with E-state index < -0.39 is 0 Å². The highest BCUT2D eigenvalue weighted by Gasteiger charge is 2.39. The number of hydrogen-bond acceptors (Lipinski definition) is 1. The first kappa shape index (κ1) is 12.7. The predicted octanol–water partition coefficient (Wildman–Crippen LogP) is 3.83. The summed E-state index contributed by atoms with van der Waals surface area (Å²) in [7, 11) is 0. The van der Waals surface area contributed by atoms with Crippen LogP contribution in [-0.2, 0) is 4.79 Å². The average Bonchev–Trinajstić information content (AvgIpc) is 2.95. The standard InChI is InChI=1S/C13H15Cl2NO/c1-7-5-11(7)13(17)16-8(2)10-4-3-9(14)6-12(10)15/h3-4,6-8,11H,5H2,1-2H3,(H,16,17)/t7-,8+,11-/m1/s1. The van der Waals surface area contributed by atoms with E-state index in [1.807, 2.05) is 13.0 Å². The number of hydrogen-bond donors (Lipinski definition) is 1. The molecule has 1 fully saturated rings. The van der Waals surface area contributed by atoms with Crippen molar-refractivity contribution < 1.29 is 4.79 Å². The van der Waals surface area contributed by atoms with Gasteiger partial charge in [0.05, 0.1) is 6.04 Å². The number of nitrogens with one attached hydrogen (secondary N) is 1. The summed E-state index contributed by atoms with van der Waals surface area (Å²) in [6.45, 7) is 4.02. The molecular formula is C13H15Cl2NO. The molecule has 92 valence electrons. The third-order valence-corrected chi connectivity index (χ3v) is 3.80. The van der Waals surface area contributed by atoms with E-state index in [1.165, 1.54) is 0 Å². The lowest BCUT2D eigenvalue weighted by Crippen LogP contribution is -2.28. The topological polar surface area (TPSA) is 29.1 Å². The van der Waals surface area contributed by atoms with E-state index in [1.54, 1.807) is 12.1 Å². The zero-order valence-electron chi connectivity index (χ0n) is 9.84. The summed E-state index contributed by atoms with van der Waals surface area (Å²) in [5.74, 6) is 0.822. The molecule has 4 heteroatoms. The summed E-state index contributed by atoms with van der Waals surface area (Å²) < 4.78 is 0. The Morgan fingerprint density at radius 2 is 2.12 bits per heavy atom. The molecule has 0 unspecified atom stereocenters. The molecule has 2 rings (SSSR count). The van der Waals surface area contributed by atoms with Gasteiger partial charge in [-0.15, -0.1) is 0 Å². The number of rotatable bonds is 3. The van der Waals surface area contributed by atoms with Crippen molar-refractivity contribution >= 4 is 29.1 Å². The van der Waals surface area contributed by atoms with E-state index in [9.17, 15) is 4.79 Å². The molecule has 1 aromatic carbocycles. The van der Waals surface area contributed by atoms with Gasteiger partial charge in [0.1, 0.15) is 0 Å². The molecule has 1 N–H and O–H groups in total. The quantitative estimate of drug-likeness (QED) is 0.890. The smallest absolute Gasteiger partial charge is 0.223 e. The Morgan fingerprint density at radius 3 is 2.65 bits per heavy atom. The lowest BCUT2D eigenvalue weighted by atomic mass is 10.1. The predicted molar refractivity (Wildman–Crippen MR) is 70.3 cm³/mol. The molecule has 1 amide bonds. The Labute approximate surface area is 111 Å². The maximum atomic E-state index is 11.8. The monoisotopic (exact) mass is 271 g/mol. The van der Waals surface area contributed by atoms with Crippen LogP contribution < -0.4 is 5.32 Å². The Hall–Kier alpha value is -0.730. The number of carbonyl (C=O) groups is 1. The minimum atomic E-state index is -0.0833. The first-order chi connectivity index (χ1) is 7.99. The molecule has 0 aliphatic heterocycles. The lowest BCUT2D eigenvalue weighted by molar-refractivity contribution is -0.123. The van der Waals surface area contributed by atoms with Crippen LogP contribution >= 0.6 is 23.2 Å². The molecule has 3 atom stereocenters. The van der Waals surface area contributed by atoms with Crippen LogP contribution in [-0.4, -0.2) is 5.91 Å². The highest BCUT2D eigenvalue weighted by Crippen LogP contribution is 2.38. The zero-order chi connectivity index (χ0) is 12.6. The van der Waals surface area contributed by atoms with Gasteiger partial charge in [-0.05, 0) is 37.0 Å². The van der Waals surface area contributed by atoms with Gasteiger partial charge in [0.2, 0.25) is 5.91 Å². The first-order valence-corrected chi connectivity index (χ1v) is 6.50. The Kier molecular flexibility index (Phi) is 3.64. The van der Waals surface area contributed by atoms with Gasteiger partial charge < -0.3 is 5.32 Å². The number of halogens is 2. The Balaban J connectivity index is 2.04. The highest BCUT2D eigenvalue weighted by atomic mass is 35.5.